The minimum absolute atomic E-state index is 0.378. The normalized spacial score (nSPS) is 27.5. The summed E-state index contributed by atoms with van der Waals surface area (Å²) in [6.45, 7) is 0. The number of aldehydes is 1. The van der Waals surface area contributed by atoms with E-state index in [1.165, 1.54) is 11.1 Å². The van der Waals surface area contributed by atoms with E-state index in [4.69, 9.17) is 0 Å². The quantitative estimate of drug-likeness (QED) is 0.525. The first-order valence-corrected chi connectivity index (χ1v) is 5.33. The van der Waals surface area contributed by atoms with Crippen molar-refractivity contribution in [3.05, 3.63) is 53.6 Å². The zero-order valence-electron chi connectivity index (χ0n) is 8.39. The van der Waals surface area contributed by atoms with Gasteiger partial charge in [-0.15, -0.1) is 0 Å². The molecular weight excluding hydrogens is 184 g/mol. The molecule has 2 unspecified atom stereocenters. The summed E-state index contributed by atoms with van der Waals surface area (Å²) in [6, 6.07) is 10.2. The number of hydrogen-bond donors (Lipinski definition) is 0. The van der Waals surface area contributed by atoms with E-state index < -0.39 is 0 Å². The maximum Gasteiger partial charge on any atom is 0.146 e. The Kier molecular flexibility index (Phi) is 1.84. The third-order valence-corrected chi connectivity index (χ3v) is 3.38. The number of benzene rings is 1. The molecule has 0 saturated carbocycles. The van der Waals surface area contributed by atoms with Crippen LogP contribution < -0.4 is 0 Å². The molecule has 2 atom stereocenters. The van der Waals surface area contributed by atoms with E-state index in [9.17, 15) is 4.79 Å². The second kappa shape index (κ2) is 3.20. The second-order valence-electron chi connectivity index (χ2n) is 4.19. The molecule has 0 aromatic heterocycles. The molecular formula is C14H12O. The highest BCUT2D eigenvalue weighted by Gasteiger charge is 2.35. The molecule has 0 heterocycles. The monoisotopic (exact) mass is 196 g/mol. The number of hydrogen-bond acceptors (Lipinski definition) is 1. The standard InChI is InChI=1S/C14H12O/c15-9-13-11-6-7-12(8-11)14(13)10-4-2-1-3-5-10/h1-7,9,11-12H,8H2. The van der Waals surface area contributed by atoms with Gasteiger partial charge in [-0.3, -0.25) is 4.79 Å². The molecule has 15 heavy (non-hydrogen) atoms. The Labute approximate surface area is 89.1 Å². The fourth-order valence-electron chi connectivity index (χ4n) is 2.71. The summed E-state index contributed by atoms with van der Waals surface area (Å²) in [4.78, 5) is 11.1. The Bertz CT molecular complexity index is 453. The lowest BCUT2D eigenvalue weighted by Crippen LogP contribution is -1.99. The number of carbonyl (C=O) groups is 1. The minimum Gasteiger partial charge on any atom is -0.298 e. The fourth-order valence-corrected chi connectivity index (χ4v) is 2.71. The summed E-state index contributed by atoms with van der Waals surface area (Å²) in [7, 11) is 0. The summed E-state index contributed by atoms with van der Waals surface area (Å²) in [5.74, 6) is 0.848. The minimum atomic E-state index is 0.378. The SMILES string of the molecule is O=CC1=C(c2ccccc2)C2C=CC1C2. The van der Waals surface area contributed by atoms with E-state index in [2.05, 4.69) is 24.3 Å². The van der Waals surface area contributed by atoms with Crippen molar-refractivity contribution in [1.82, 2.24) is 0 Å². The van der Waals surface area contributed by atoms with Crippen molar-refractivity contribution >= 4 is 11.9 Å². The summed E-state index contributed by atoms with van der Waals surface area (Å²) in [5.41, 5.74) is 3.45. The Hall–Kier alpha value is -1.63. The largest absolute Gasteiger partial charge is 0.298 e. The van der Waals surface area contributed by atoms with Gasteiger partial charge in [-0.25, -0.2) is 0 Å². The summed E-state index contributed by atoms with van der Waals surface area (Å²) in [6.07, 6.45) is 6.54. The maximum atomic E-state index is 11.1. The lowest BCUT2D eigenvalue weighted by Gasteiger charge is -2.12. The molecule has 2 aliphatic rings. The van der Waals surface area contributed by atoms with Crippen molar-refractivity contribution in [2.24, 2.45) is 11.8 Å². The average molecular weight is 196 g/mol. The predicted molar refractivity (Wildman–Crippen MR) is 60.2 cm³/mol. The van der Waals surface area contributed by atoms with E-state index >= 15 is 0 Å². The topological polar surface area (TPSA) is 17.1 Å². The molecule has 1 heteroatoms. The third-order valence-electron chi connectivity index (χ3n) is 3.38. The Morgan fingerprint density at radius 1 is 1.07 bits per heavy atom. The van der Waals surface area contributed by atoms with Crippen LogP contribution in [0.15, 0.2) is 48.1 Å². The molecule has 74 valence electrons. The van der Waals surface area contributed by atoms with Crippen LogP contribution in [0.4, 0.5) is 0 Å². The molecule has 1 aromatic carbocycles. The van der Waals surface area contributed by atoms with E-state index in [0.717, 1.165) is 18.3 Å². The van der Waals surface area contributed by atoms with Gasteiger partial charge in [-0.05, 0) is 17.6 Å². The third kappa shape index (κ3) is 1.19. The van der Waals surface area contributed by atoms with Gasteiger partial charge in [0, 0.05) is 17.4 Å². The van der Waals surface area contributed by atoms with Gasteiger partial charge in [0.25, 0.3) is 0 Å². The van der Waals surface area contributed by atoms with Crippen LogP contribution in [-0.4, -0.2) is 6.29 Å². The molecule has 2 bridgehead atoms. The molecule has 0 spiro atoms. The first-order chi connectivity index (χ1) is 7.40. The Balaban J connectivity index is 2.12. The van der Waals surface area contributed by atoms with Gasteiger partial charge in [0.05, 0.1) is 0 Å². The molecule has 0 fully saturated rings. The number of carbonyl (C=O) groups excluding carboxylic acids is 1. The van der Waals surface area contributed by atoms with Crippen molar-refractivity contribution in [2.45, 2.75) is 6.42 Å². The molecule has 0 saturated heterocycles. The van der Waals surface area contributed by atoms with Crippen LogP contribution in [-0.2, 0) is 4.79 Å². The van der Waals surface area contributed by atoms with Gasteiger partial charge in [0.1, 0.15) is 6.29 Å². The van der Waals surface area contributed by atoms with Gasteiger partial charge in [0.15, 0.2) is 0 Å². The lowest BCUT2D eigenvalue weighted by molar-refractivity contribution is -0.105. The molecule has 3 rings (SSSR count). The smallest absolute Gasteiger partial charge is 0.146 e. The first kappa shape index (κ1) is 8.66. The number of fused-ring (bicyclic) bond motifs is 2. The number of allylic oxidation sites excluding steroid dienone is 4. The summed E-state index contributed by atoms with van der Waals surface area (Å²) >= 11 is 0. The van der Waals surface area contributed by atoms with Crippen LogP contribution in [0.5, 0.6) is 0 Å². The molecule has 0 N–H and O–H groups in total. The molecule has 1 nitrogen and oxygen atoms in total. The van der Waals surface area contributed by atoms with E-state index in [1.54, 1.807) is 0 Å². The van der Waals surface area contributed by atoms with Crippen LogP contribution in [0.3, 0.4) is 0 Å². The van der Waals surface area contributed by atoms with Crippen LogP contribution in [0.1, 0.15) is 12.0 Å². The van der Waals surface area contributed by atoms with Crippen molar-refractivity contribution < 1.29 is 4.79 Å². The van der Waals surface area contributed by atoms with Crippen LogP contribution >= 0.6 is 0 Å². The summed E-state index contributed by atoms with van der Waals surface area (Å²) in [5, 5.41) is 0. The fraction of sp³-hybridized carbons (Fsp3) is 0.214. The highest BCUT2D eigenvalue weighted by Crippen LogP contribution is 2.47. The van der Waals surface area contributed by atoms with Crippen LogP contribution in [0.25, 0.3) is 5.57 Å². The zero-order chi connectivity index (χ0) is 10.3. The van der Waals surface area contributed by atoms with Gasteiger partial charge >= 0.3 is 0 Å². The maximum absolute atomic E-state index is 11.1. The van der Waals surface area contributed by atoms with Gasteiger partial charge in [-0.2, -0.15) is 0 Å². The van der Waals surface area contributed by atoms with Crippen molar-refractivity contribution in [3.63, 3.8) is 0 Å². The Morgan fingerprint density at radius 2 is 1.80 bits per heavy atom. The highest BCUT2D eigenvalue weighted by atomic mass is 16.1. The van der Waals surface area contributed by atoms with Crippen molar-refractivity contribution in [1.29, 1.82) is 0 Å². The van der Waals surface area contributed by atoms with Crippen molar-refractivity contribution in [3.8, 4) is 0 Å². The van der Waals surface area contributed by atoms with Crippen LogP contribution in [0.2, 0.25) is 0 Å². The molecule has 0 radical (unpaired) electrons. The first-order valence-electron chi connectivity index (χ1n) is 5.33. The van der Waals surface area contributed by atoms with Crippen LogP contribution in [0, 0.1) is 11.8 Å². The van der Waals surface area contributed by atoms with E-state index in [-0.39, 0.29) is 0 Å². The van der Waals surface area contributed by atoms with Gasteiger partial charge in [0.2, 0.25) is 0 Å². The lowest BCUT2D eigenvalue weighted by atomic mass is 9.92. The van der Waals surface area contributed by atoms with Gasteiger partial charge in [-0.1, -0.05) is 42.5 Å². The van der Waals surface area contributed by atoms with E-state index in [1.807, 2.05) is 18.2 Å². The summed E-state index contributed by atoms with van der Waals surface area (Å²) < 4.78 is 0. The molecule has 1 aromatic rings. The predicted octanol–water partition coefficient (Wildman–Crippen LogP) is 2.85. The second-order valence-corrected chi connectivity index (χ2v) is 4.19. The Morgan fingerprint density at radius 3 is 2.53 bits per heavy atom. The highest BCUT2D eigenvalue weighted by molar-refractivity contribution is 5.93. The molecule has 0 aliphatic heterocycles. The van der Waals surface area contributed by atoms with Crippen molar-refractivity contribution in [2.75, 3.05) is 0 Å². The van der Waals surface area contributed by atoms with Gasteiger partial charge < -0.3 is 0 Å². The molecule has 2 aliphatic carbocycles. The zero-order valence-corrected chi connectivity index (χ0v) is 8.39. The number of rotatable bonds is 2. The molecule has 0 amide bonds. The van der Waals surface area contributed by atoms with E-state index in [0.29, 0.717) is 11.8 Å². The average Bonchev–Trinajstić information content (AvgIpc) is 2.89.